The van der Waals surface area contributed by atoms with Crippen LogP contribution in [0.5, 0.6) is 0 Å². The van der Waals surface area contributed by atoms with Crippen LogP contribution in [-0.2, 0) is 4.79 Å². The average molecular weight is 438 g/mol. The van der Waals surface area contributed by atoms with Crippen molar-refractivity contribution < 1.29 is 9.21 Å². The minimum absolute atomic E-state index is 0.122. The third-order valence-corrected chi connectivity index (χ3v) is 7.51. The van der Waals surface area contributed by atoms with Crippen LogP contribution in [0.1, 0.15) is 50.5 Å². The minimum atomic E-state index is 0.122. The summed E-state index contributed by atoms with van der Waals surface area (Å²) < 4.78 is 5.93. The number of hydrogen-bond acceptors (Lipinski definition) is 6. The molecule has 1 amide bonds. The van der Waals surface area contributed by atoms with E-state index in [1.807, 2.05) is 24.3 Å². The van der Waals surface area contributed by atoms with Gasteiger partial charge in [-0.05, 0) is 70.7 Å². The number of piperidine rings is 3. The molecule has 1 aromatic carbocycles. The van der Waals surface area contributed by atoms with Gasteiger partial charge in [0, 0.05) is 43.7 Å². The van der Waals surface area contributed by atoms with Gasteiger partial charge in [0.05, 0.1) is 0 Å². The minimum Gasteiger partial charge on any atom is -0.403 e. The monoisotopic (exact) mass is 437 g/mol. The van der Waals surface area contributed by atoms with Gasteiger partial charge in [0.2, 0.25) is 11.8 Å². The van der Waals surface area contributed by atoms with Crippen LogP contribution in [0, 0.1) is 12.8 Å². The van der Waals surface area contributed by atoms with E-state index in [-0.39, 0.29) is 5.92 Å². The number of aryl methyl sites for hydroxylation is 1. The van der Waals surface area contributed by atoms with Crippen molar-refractivity contribution in [3.63, 3.8) is 0 Å². The molecule has 5 rings (SSSR count). The zero-order valence-corrected chi connectivity index (χ0v) is 19.2. The molecule has 0 saturated carbocycles. The molecule has 172 valence electrons. The third-order valence-electron chi connectivity index (χ3n) is 7.51. The van der Waals surface area contributed by atoms with Crippen LogP contribution >= 0.6 is 0 Å². The summed E-state index contributed by atoms with van der Waals surface area (Å²) >= 11 is 0. The first-order valence-corrected chi connectivity index (χ1v) is 12.4. The van der Waals surface area contributed by atoms with E-state index in [2.05, 4.69) is 31.8 Å². The van der Waals surface area contributed by atoms with Crippen molar-refractivity contribution in [3.05, 3.63) is 29.8 Å². The molecule has 0 N–H and O–H groups in total. The number of nitrogens with zero attached hydrogens (tertiary/aromatic N) is 5. The highest BCUT2D eigenvalue weighted by atomic mass is 16.4. The molecule has 0 aliphatic carbocycles. The summed E-state index contributed by atoms with van der Waals surface area (Å²) in [4.78, 5) is 20.1. The largest absolute Gasteiger partial charge is 0.403 e. The molecule has 0 unspecified atom stereocenters. The number of rotatable bonds is 4. The van der Waals surface area contributed by atoms with E-state index in [1.165, 1.54) is 37.9 Å². The van der Waals surface area contributed by atoms with Gasteiger partial charge in [-0.25, -0.2) is 0 Å². The molecule has 4 heterocycles. The van der Waals surface area contributed by atoms with Crippen LogP contribution in [0.25, 0.3) is 11.5 Å². The van der Waals surface area contributed by atoms with Crippen molar-refractivity contribution in [1.82, 2.24) is 20.0 Å². The maximum atomic E-state index is 13.1. The number of carbonyl (C=O) groups excluding carboxylic acids is 1. The van der Waals surface area contributed by atoms with Gasteiger partial charge >= 0.3 is 6.01 Å². The van der Waals surface area contributed by atoms with E-state index in [1.54, 1.807) is 0 Å². The van der Waals surface area contributed by atoms with Gasteiger partial charge in [-0.3, -0.25) is 4.79 Å². The molecule has 2 aromatic rings. The number of likely N-dealkylation sites (tertiary alicyclic amines) is 2. The first-order valence-electron chi connectivity index (χ1n) is 12.4. The highest BCUT2D eigenvalue weighted by Gasteiger charge is 2.33. The van der Waals surface area contributed by atoms with Crippen LogP contribution in [0.4, 0.5) is 6.01 Å². The Morgan fingerprint density at radius 3 is 2.25 bits per heavy atom. The van der Waals surface area contributed by atoms with E-state index in [0.29, 0.717) is 23.9 Å². The normalized spacial score (nSPS) is 21.8. The van der Waals surface area contributed by atoms with Gasteiger partial charge in [-0.1, -0.05) is 29.2 Å². The first-order chi connectivity index (χ1) is 15.7. The van der Waals surface area contributed by atoms with E-state index >= 15 is 0 Å². The second kappa shape index (κ2) is 9.61. The Kier molecular flexibility index (Phi) is 6.44. The fourth-order valence-electron chi connectivity index (χ4n) is 5.47. The maximum absolute atomic E-state index is 13.1. The lowest BCUT2D eigenvalue weighted by molar-refractivity contribution is -0.137. The SMILES string of the molecule is Cc1ccc(-c2nnc(N3CCC(C(=O)N4CCC(N5CCCCC5)CC4)CC3)o2)cc1. The molecule has 3 saturated heterocycles. The molecule has 0 bridgehead atoms. The van der Waals surface area contributed by atoms with Crippen molar-refractivity contribution in [1.29, 1.82) is 0 Å². The fourth-order valence-corrected chi connectivity index (χ4v) is 5.47. The molecule has 32 heavy (non-hydrogen) atoms. The predicted molar refractivity (Wildman–Crippen MR) is 124 cm³/mol. The Balaban J connectivity index is 1.11. The fraction of sp³-hybridized carbons (Fsp3) is 0.640. The first kappa shape index (κ1) is 21.4. The summed E-state index contributed by atoms with van der Waals surface area (Å²) in [5, 5.41) is 8.49. The average Bonchev–Trinajstić information content (AvgIpc) is 3.35. The molecular formula is C25H35N5O2. The summed E-state index contributed by atoms with van der Waals surface area (Å²) in [6, 6.07) is 9.35. The van der Waals surface area contributed by atoms with E-state index in [4.69, 9.17) is 4.42 Å². The quantitative estimate of drug-likeness (QED) is 0.726. The third kappa shape index (κ3) is 4.68. The number of carbonyl (C=O) groups is 1. The lowest BCUT2D eigenvalue weighted by Gasteiger charge is -2.41. The van der Waals surface area contributed by atoms with Gasteiger partial charge < -0.3 is 19.1 Å². The smallest absolute Gasteiger partial charge is 0.318 e. The number of hydrogen-bond donors (Lipinski definition) is 0. The van der Waals surface area contributed by atoms with Crippen LogP contribution in [-0.4, -0.2) is 71.2 Å². The highest BCUT2D eigenvalue weighted by Crippen LogP contribution is 2.28. The van der Waals surface area contributed by atoms with E-state index < -0.39 is 0 Å². The second-order valence-electron chi connectivity index (χ2n) is 9.67. The van der Waals surface area contributed by atoms with Crippen LogP contribution < -0.4 is 4.90 Å². The lowest BCUT2D eigenvalue weighted by atomic mass is 9.93. The zero-order valence-electron chi connectivity index (χ0n) is 19.2. The maximum Gasteiger partial charge on any atom is 0.318 e. The van der Waals surface area contributed by atoms with Crippen molar-refractivity contribution >= 4 is 11.9 Å². The van der Waals surface area contributed by atoms with Crippen LogP contribution in [0.3, 0.4) is 0 Å². The molecule has 3 fully saturated rings. The molecule has 1 aromatic heterocycles. The molecule has 7 heteroatoms. The van der Waals surface area contributed by atoms with Crippen molar-refractivity contribution in [2.24, 2.45) is 5.92 Å². The summed E-state index contributed by atoms with van der Waals surface area (Å²) in [6.45, 7) is 7.97. The molecule has 7 nitrogen and oxygen atoms in total. The van der Waals surface area contributed by atoms with Gasteiger partial charge in [-0.2, -0.15) is 0 Å². The number of benzene rings is 1. The Hall–Kier alpha value is -2.41. The summed E-state index contributed by atoms with van der Waals surface area (Å²) in [5.74, 6) is 1.03. The summed E-state index contributed by atoms with van der Waals surface area (Å²) in [5.41, 5.74) is 2.14. The zero-order chi connectivity index (χ0) is 21.9. The van der Waals surface area contributed by atoms with E-state index in [9.17, 15) is 4.79 Å². The predicted octanol–water partition coefficient (Wildman–Crippen LogP) is 3.74. The van der Waals surface area contributed by atoms with Gasteiger partial charge in [-0.15, -0.1) is 5.10 Å². The molecule has 3 aliphatic rings. The molecule has 0 spiro atoms. The molecule has 0 radical (unpaired) electrons. The van der Waals surface area contributed by atoms with Crippen LogP contribution in [0.15, 0.2) is 28.7 Å². The molecule has 0 atom stereocenters. The Morgan fingerprint density at radius 1 is 0.875 bits per heavy atom. The summed E-state index contributed by atoms with van der Waals surface area (Å²) in [6.07, 6.45) is 8.03. The lowest BCUT2D eigenvalue weighted by Crippen LogP contribution is -2.50. The molecule has 3 aliphatic heterocycles. The van der Waals surface area contributed by atoms with Crippen LogP contribution in [0.2, 0.25) is 0 Å². The second-order valence-corrected chi connectivity index (χ2v) is 9.67. The Morgan fingerprint density at radius 2 is 1.56 bits per heavy atom. The van der Waals surface area contributed by atoms with Gasteiger partial charge in [0.15, 0.2) is 0 Å². The number of anilines is 1. The molecular weight excluding hydrogens is 402 g/mol. The van der Waals surface area contributed by atoms with Gasteiger partial charge in [0.1, 0.15) is 0 Å². The topological polar surface area (TPSA) is 65.7 Å². The van der Waals surface area contributed by atoms with Gasteiger partial charge in [0.25, 0.3) is 0 Å². The highest BCUT2D eigenvalue weighted by molar-refractivity contribution is 5.79. The van der Waals surface area contributed by atoms with Crippen molar-refractivity contribution in [2.45, 2.75) is 57.9 Å². The number of aromatic nitrogens is 2. The number of amides is 1. The standard InChI is InChI=1S/C25H35N5O2/c1-19-5-7-20(8-6-19)23-26-27-25(32-23)30-15-9-21(10-16-30)24(31)29-17-11-22(12-18-29)28-13-3-2-4-14-28/h5-8,21-22H,2-4,9-18H2,1H3. The van der Waals surface area contributed by atoms with Crippen molar-refractivity contribution in [2.75, 3.05) is 44.2 Å². The van der Waals surface area contributed by atoms with E-state index in [0.717, 1.165) is 57.4 Å². The Bertz CT molecular complexity index is 889. The Labute approximate surface area is 190 Å². The van der Waals surface area contributed by atoms with Crippen molar-refractivity contribution in [3.8, 4) is 11.5 Å². The summed E-state index contributed by atoms with van der Waals surface area (Å²) in [7, 11) is 0.